The van der Waals surface area contributed by atoms with Crippen LogP contribution in [0.15, 0.2) is 36.5 Å². The van der Waals surface area contributed by atoms with Gasteiger partial charge in [-0.05, 0) is 30.7 Å². The van der Waals surface area contributed by atoms with Gasteiger partial charge in [-0.25, -0.2) is 9.37 Å². The number of pyridine rings is 1. The van der Waals surface area contributed by atoms with E-state index in [4.69, 9.17) is 0 Å². The van der Waals surface area contributed by atoms with Crippen molar-refractivity contribution < 1.29 is 4.39 Å². The van der Waals surface area contributed by atoms with Gasteiger partial charge in [0.05, 0.1) is 5.69 Å². The number of halogens is 1. The summed E-state index contributed by atoms with van der Waals surface area (Å²) in [6.07, 6.45) is 1.67. The van der Waals surface area contributed by atoms with E-state index in [0.29, 0.717) is 5.69 Å². The quantitative estimate of drug-likeness (QED) is 0.850. The third kappa shape index (κ3) is 2.72. The number of hydrogen-bond donors (Lipinski definition) is 2. The van der Waals surface area contributed by atoms with E-state index in [1.54, 1.807) is 31.4 Å². The van der Waals surface area contributed by atoms with Crippen LogP contribution < -0.4 is 10.6 Å². The number of aromatic nitrogens is 1. The van der Waals surface area contributed by atoms with Crippen LogP contribution in [0.25, 0.3) is 0 Å². The fourth-order valence-corrected chi connectivity index (χ4v) is 1.54. The van der Waals surface area contributed by atoms with Gasteiger partial charge in [0.25, 0.3) is 0 Å². The van der Waals surface area contributed by atoms with Gasteiger partial charge in [0, 0.05) is 25.0 Å². The van der Waals surface area contributed by atoms with E-state index in [2.05, 4.69) is 15.6 Å². The lowest BCUT2D eigenvalue weighted by atomic mass is 10.2. The van der Waals surface area contributed by atoms with Crippen molar-refractivity contribution in [3.63, 3.8) is 0 Å². The van der Waals surface area contributed by atoms with Crippen LogP contribution in [0.1, 0.15) is 5.56 Å². The zero-order valence-corrected chi connectivity index (χ0v) is 9.79. The van der Waals surface area contributed by atoms with Crippen molar-refractivity contribution in [2.24, 2.45) is 0 Å². The Balaban J connectivity index is 2.27. The lowest BCUT2D eigenvalue weighted by molar-refractivity contribution is 0.631. The van der Waals surface area contributed by atoms with Gasteiger partial charge in [0.1, 0.15) is 11.6 Å². The first-order chi connectivity index (χ1) is 8.19. The predicted molar refractivity (Wildman–Crippen MR) is 68.2 cm³/mol. The van der Waals surface area contributed by atoms with Crippen molar-refractivity contribution in [1.29, 1.82) is 0 Å². The Kier molecular flexibility index (Phi) is 3.23. The molecule has 2 N–H and O–H groups in total. The number of aryl methyl sites for hydroxylation is 1. The summed E-state index contributed by atoms with van der Waals surface area (Å²) in [5.41, 5.74) is 2.28. The lowest BCUT2D eigenvalue weighted by Crippen LogP contribution is -1.97. The summed E-state index contributed by atoms with van der Waals surface area (Å²) < 4.78 is 13.5. The van der Waals surface area contributed by atoms with Crippen LogP contribution in [0, 0.1) is 12.7 Å². The van der Waals surface area contributed by atoms with Crippen LogP contribution in [-0.2, 0) is 0 Å². The molecule has 0 atom stereocenters. The van der Waals surface area contributed by atoms with Gasteiger partial charge in [-0.1, -0.05) is 6.07 Å². The monoisotopic (exact) mass is 231 g/mol. The zero-order chi connectivity index (χ0) is 12.3. The average Bonchev–Trinajstić information content (AvgIpc) is 2.34. The summed E-state index contributed by atoms with van der Waals surface area (Å²) in [5.74, 6) is 0.474. The zero-order valence-electron chi connectivity index (χ0n) is 9.79. The van der Waals surface area contributed by atoms with Crippen LogP contribution >= 0.6 is 0 Å². The molecule has 3 nitrogen and oxygen atoms in total. The maximum atomic E-state index is 13.5. The molecule has 1 heterocycles. The summed E-state index contributed by atoms with van der Waals surface area (Å²) in [6, 6.07) is 8.59. The molecule has 0 saturated heterocycles. The van der Waals surface area contributed by atoms with E-state index in [1.165, 1.54) is 6.07 Å². The standard InChI is InChI=1S/C13H14FN3/c1-9-3-4-11(14)12(7-9)17-10-5-6-16-13(8-10)15-2/h3-8H,1-2H3,(H2,15,16,17). The summed E-state index contributed by atoms with van der Waals surface area (Å²) >= 11 is 0. The smallest absolute Gasteiger partial charge is 0.146 e. The molecule has 0 spiro atoms. The molecule has 0 radical (unpaired) electrons. The summed E-state index contributed by atoms with van der Waals surface area (Å²) in [7, 11) is 1.79. The molecule has 0 bridgehead atoms. The van der Waals surface area contributed by atoms with Gasteiger partial charge in [-0.3, -0.25) is 0 Å². The second kappa shape index (κ2) is 4.82. The van der Waals surface area contributed by atoms with Crippen LogP contribution in [0.2, 0.25) is 0 Å². The summed E-state index contributed by atoms with van der Waals surface area (Å²) in [4.78, 5) is 4.09. The van der Waals surface area contributed by atoms with Crippen molar-refractivity contribution in [2.45, 2.75) is 6.92 Å². The first-order valence-corrected chi connectivity index (χ1v) is 5.36. The summed E-state index contributed by atoms with van der Waals surface area (Å²) in [5, 5.41) is 5.97. The molecule has 17 heavy (non-hydrogen) atoms. The summed E-state index contributed by atoms with van der Waals surface area (Å²) in [6.45, 7) is 1.93. The average molecular weight is 231 g/mol. The minimum Gasteiger partial charge on any atom is -0.373 e. The largest absolute Gasteiger partial charge is 0.373 e. The molecule has 0 aliphatic rings. The molecule has 0 aliphatic heterocycles. The molecule has 1 aromatic carbocycles. The Morgan fingerprint density at radius 2 is 2.00 bits per heavy atom. The Morgan fingerprint density at radius 3 is 2.76 bits per heavy atom. The Bertz CT molecular complexity index is 526. The third-order valence-corrected chi connectivity index (χ3v) is 2.42. The van der Waals surface area contributed by atoms with E-state index in [9.17, 15) is 4.39 Å². The minimum atomic E-state index is -0.265. The first kappa shape index (κ1) is 11.4. The number of nitrogens with zero attached hydrogens (tertiary/aromatic N) is 1. The van der Waals surface area contributed by atoms with Crippen molar-refractivity contribution in [1.82, 2.24) is 4.98 Å². The second-order valence-electron chi connectivity index (χ2n) is 3.79. The lowest BCUT2D eigenvalue weighted by Gasteiger charge is -2.09. The van der Waals surface area contributed by atoms with E-state index in [1.807, 2.05) is 13.0 Å². The van der Waals surface area contributed by atoms with Gasteiger partial charge >= 0.3 is 0 Å². The third-order valence-electron chi connectivity index (χ3n) is 2.42. The fraction of sp³-hybridized carbons (Fsp3) is 0.154. The van der Waals surface area contributed by atoms with E-state index in [-0.39, 0.29) is 5.82 Å². The molecule has 88 valence electrons. The van der Waals surface area contributed by atoms with Gasteiger partial charge < -0.3 is 10.6 Å². The van der Waals surface area contributed by atoms with Crippen LogP contribution in [-0.4, -0.2) is 12.0 Å². The topological polar surface area (TPSA) is 37.0 Å². The number of anilines is 3. The fourth-order valence-electron chi connectivity index (χ4n) is 1.54. The molecular formula is C13H14FN3. The SMILES string of the molecule is CNc1cc(Nc2cc(C)ccc2F)ccn1. The number of rotatable bonds is 3. The second-order valence-corrected chi connectivity index (χ2v) is 3.79. The van der Waals surface area contributed by atoms with Gasteiger partial charge in [0.15, 0.2) is 0 Å². The molecule has 0 fully saturated rings. The highest BCUT2D eigenvalue weighted by Crippen LogP contribution is 2.22. The Morgan fingerprint density at radius 1 is 1.18 bits per heavy atom. The Labute approximate surface area is 99.7 Å². The molecule has 1 aromatic heterocycles. The van der Waals surface area contributed by atoms with Crippen LogP contribution in [0.4, 0.5) is 21.6 Å². The van der Waals surface area contributed by atoms with Crippen molar-refractivity contribution in [2.75, 3.05) is 17.7 Å². The van der Waals surface area contributed by atoms with E-state index >= 15 is 0 Å². The van der Waals surface area contributed by atoms with Gasteiger partial charge in [-0.15, -0.1) is 0 Å². The maximum Gasteiger partial charge on any atom is 0.146 e. The number of benzene rings is 1. The van der Waals surface area contributed by atoms with Crippen molar-refractivity contribution in [3.8, 4) is 0 Å². The molecular weight excluding hydrogens is 217 g/mol. The molecule has 0 amide bonds. The van der Waals surface area contributed by atoms with E-state index < -0.39 is 0 Å². The first-order valence-electron chi connectivity index (χ1n) is 5.36. The number of nitrogens with one attached hydrogen (secondary N) is 2. The molecule has 0 saturated carbocycles. The highest BCUT2D eigenvalue weighted by molar-refractivity contribution is 5.63. The highest BCUT2D eigenvalue weighted by Gasteiger charge is 2.03. The molecule has 2 aromatic rings. The highest BCUT2D eigenvalue weighted by atomic mass is 19.1. The minimum absolute atomic E-state index is 0.265. The van der Waals surface area contributed by atoms with Crippen LogP contribution in [0.5, 0.6) is 0 Å². The maximum absolute atomic E-state index is 13.5. The van der Waals surface area contributed by atoms with Gasteiger partial charge in [0.2, 0.25) is 0 Å². The predicted octanol–water partition coefficient (Wildman–Crippen LogP) is 3.31. The molecule has 2 rings (SSSR count). The van der Waals surface area contributed by atoms with Crippen molar-refractivity contribution in [3.05, 3.63) is 47.9 Å². The van der Waals surface area contributed by atoms with Crippen LogP contribution in [0.3, 0.4) is 0 Å². The van der Waals surface area contributed by atoms with Crippen molar-refractivity contribution >= 4 is 17.2 Å². The van der Waals surface area contributed by atoms with E-state index in [0.717, 1.165) is 17.1 Å². The normalized spacial score (nSPS) is 10.1. The Hall–Kier alpha value is -2.10. The molecule has 0 aliphatic carbocycles. The molecule has 0 unspecified atom stereocenters. The number of hydrogen-bond acceptors (Lipinski definition) is 3. The van der Waals surface area contributed by atoms with Gasteiger partial charge in [-0.2, -0.15) is 0 Å². The molecule has 4 heteroatoms.